The predicted molar refractivity (Wildman–Crippen MR) is 407 cm³/mol. The van der Waals surface area contributed by atoms with Crippen LogP contribution in [0.5, 0.6) is 0 Å². The molecule has 0 aliphatic rings. The average molecular weight is 1530 g/mol. The van der Waals surface area contributed by atoms with Gasteiger partial charge in [-0.3, -0.25) is 0 Å². The van der Waals surface area contributed by atoms with Crippen LogP contribution in [-0.4, -0.2) is 209 Å². The molecule has 530 valence electrons. The Morgan fingerprint density at radius 2 is 0.375 bits per heavy atom. The van der Waals surface area contributed by atoms with Gasteiger partial charge in [-0.25, -0.2) is 0 Å². The minimum Gasteiger partial charge on any atom is -0.437 e. The summed E-state index contributed by atoms with van der Waals surface area (Å²) in [4.78, 5) is 0. The molecule has 0 heterocycles. The third-order valence-corrected chi connectivity index (χ3v) is 69.0. The topological polar surface area (TPSA) is 188 Å². The van der Waals surface area contributed by atoms with Crippen LogP contribution >= 0.6 is 0 Å². The largest absolute Gasteiger partial charge is 0.437 e. The third kappa shape index (κ3) is 45.4. The molecule has 4 atom stereocenters. The maximum atomic E-state index is 11.5. The average Bonchev–Trinajstić information content (AvgIpc) is 3.17. The van der Waals surface area contributed by atoms with Crippen molar-refractivity contribution in [2.24, 2.45) is 0 Å². The van der Waals surface area contributed by atoms with Gasteiger partial charge in [0, 0.05) is 26.4 Å². The number of aliphatic hydroxyl groups excluding tert-OH is 2. The van der Waals surface area contributed by atoms with Crippen molar-refractivity contribution in [2.75, 3.05) is 39.6 Å². The van der Waals surface area contributed by atoms with Crippen LogP contribution in [-0.2, 0) is 68.3 Å². The summed E-state index contributed by atoms with van der Waals surface area (Å²) in [7, 11) is -36.4. The van der Waals surface area contributed by atoms with E-state index in [0.29, 0.717) is 52.1 Å². The van der Waals surface area contributed by atoms with Crippen LogP contribution in [0.15, 0.2) is 0 Å². The summed E-state index contributed by atoms with van der Waals surface area (Å²) in [6.45, 7) is 79.2. The van der Waals surface area contributed by atoms with Gasteiger partial charge < -0.3 is 78.5 Å². The molecule has 0 rings (SSSR count). The summed E-state index contributed by atoms with van der Waals surface area (Å²) >= 11 is 0. The Balaban J connectivity index is 7.22. The minimum atomic E-state index is -2.58. The molecule has 0 bridgehead atoms. The van der Waals surface area contributed by atoms with Crippen LogP contribution < -0.4 is 0 Å². The number of hydrogen-bond acceptors (Lipinski definition) is 18. The zero-order chi connectivity index (χ0) is 69.5. The van der Waals surface area contributed by atoms with Gasteiger partial charge in [-0.2, -0.15) is 0 Å². The van der Waals surface area contributed by atoms with Crippen LogP contribution in [0.25, 0.3) is 0 Å². The van der Waals surface area contributed by atoms with Crippen molar-refractivity contribution in [1.29, 1.82) is 0 Å². The molecular weight excluding hydrogens is 1390 g/mol. The van der Waals surface area contributed by atoms with E-state index >= 15 is 0 Å². The highest BCUT2D eigenvalue weighted by Crippen LogP contribution is 2.32. The second-order valence-electron chi connectivity index (χ2n) is 34.2. The number of hydrogen-bond donors (Lipinski definition) is 2. The van der Waals surface area contributed by atoms with Gasteiger partial charge >= 0.3 is 68.5 Å². The molecule has 88 heavy (non-hydrogen) atoms. The highest BCUT2D eigenvalue weighted by Gasteiger charge is 2.48. The van der Waals surface area contributed by atoms with E-state index < -0.39 is 159 Å². The molecule has 0 aromatic rings. The van der Waals surface area contributed by atoms with Crippen molar-refractivity contribution < 1.29 is 78.5 Å². The Morgan fingerprint density at radius 1 is 0.216 bits per heavy atom. The fraction of sp³-hybridized carbons (Fsp3) is 1.00. The van der Waals surface area contributed by atoms with Crippen molar-refractivity contribution in [1.82, 2.24) is 0 Å². The van der Waals surface area contributed by atoms with Gasteiger partial charge in [0.2, 0.25) is 0 Å². The molecule has 0 aromatic heterocycles. The summed E-state index contributed by atoms with van der Waals surface area (Å²) in [6, 6.07) is 3.26. The van der Waals surface area contributed by atoms with Gasteiger partial charge in [-0.15, -0.1) is 0 Å². The van der Waals surface area contributed by atoms with Gasteiger partial charge in [0.15, 0.2) is 66.5 Å². The quantitative estimate of drug-likeness (QED) is 0.0432. The van der Waals surface area contributed by atoms with Crippen LogP contribution in [0.2, 0.25) is 260 Å². The zero-order valence-corrected chi connectivity index (χ0v) is 79.6. The van der Waals surface area contributed by atoms with Gasteiger partial charge in [0.1, 0.15) is 24.4 Å². The van der Waals surface area contributed by atoms with Crippen molar-refractivity contribution in [2.45, 2.75) is 310 Å². The molecule has 18 nitrogen and oxygen atoms in total. The highest BCUT2D eigenvalue weighted by atomic mass is 28.5. The molecule has 0 radical (unpaired) electrons. The monoisotopic (exact) mass is 1530 g/mol. The van der Waals surface area contributed by atoms with Crippen molar-refractivity contribution in [3.05, 3.63) is 0 Å². The highest BCUT2D eigenvalue weighted by molar-refractivity contribution is 6.92. The molecule has 0 unspecified atom stereocenters. The molecule has 0 fully saturated rings. The third-order valence-electron chi connectivity index (χ3n) is 12.7. The SMILES string of the molecule is C[Si](C)(C)O[Si](C)(C)O[Si](C)(C)O[Si](C)(C)CCCO[C@H]([C@H](OCCC[Si](C)(C)O[Si](C)(C)O[Si](C)(C)O[Si](C)(C)C)[C@@H](CO)OCCC[Si](C)(C)O[Si](C)(C)O[Si](C)(C)O[Si](C)(C)C)[C@H](CO)OCCC[Si](C)(C)O[Si](C)(C)O[Si](C)(C)O[Si](C)(C)C. The maximum Gasteiger partial charge on any atom is 0.312 e. The van der Waals surface area contributed by atoms with E-state index in [-0.39, 0.29) is 13.2 Å². The molecule has 0 spiro atoms. The summed E-state index contributed by atoms with van der Waals surface area (Å²) in [5, 5.41) is 22.9. The lowest BCUT2D eigenvalue weighted by atomic mass is 10.0. The summed E-state index contributed by atoms with van der Waals surface area (Å²) < 4.78 is 109. The summed E-state index contributed by atoms with van der Waals surface area (Å²) in [5.41, 5.74) is 0. The Bertz CT molecular complexity index is 1860. The zero-order valence-electron chi connectivity index (χ0n) is 63.6. The number of aliphatic hydroxyl groups is 2. The molecule has 0 aromatic carbocycles. The molecule has 34 heteroatoms. The first-order valence-corrected chi connectivity index (χ1v) is 81.5. The van der Waals surface area contributed by atoms with E-state index in [1.54, 1.807) is 0 Å². The molecule has 0 aliphatic heterocycles. The van der Waals surface area contributed by atoms with E-state index in [9.17, 15) is 10.2 Å². The van der Waals surface area contributed by atoms with Crippen molar-refractivity contribution >= 4 is 135 Å². The lowest BCUT2D eigenvalue weighted by Gasteiger charge is -2.41. The Hall–Kier alpha value is 2.75. The first-order chi connectivity index (χ1) is 38.8. The van der Waals surface area contributed by atoms with Crippen LogP contribution in [0.1, 0.15) is 25.7 Å². The molecule has 0 saturated heterocycles. The normalized spacial score (nSPS) is 16.6. The van der Waals surface area contributed by atoms with Crippen LogP contribution in [0.4, 0.5) is 0 Å². The van der Waals surface area contributed by atoms with Crippen LogP contribution in [0, 0.1) is 0 Å². The number of ether oxygens (including phenoxy) is 4. The number of rotatable bonds is 49. The molecule has 2 N–H and O–H groups in total. The fourth-order valence-electron chi connectivity index (χ4n) is 12.6. The van der Waals surface area contributed by atoms with Gasteiger partial charge in [-0.1, -0.05) is 0 Å². The predicted octanol–water partition coefficient (Wildman–Crippen LogP) is 16.0. The van der Waals surface area contributed by atoms with E-state index in [1.807, 2.05) is 0 Å². The first-order valence-electron chi connectivity index (χ1n) is 32.9. The first kappa shape index (κ1) is 90.8. The Kier molecular flexibility index (Phi) is 36.8. The van der Waals surface area contributed by atoms with E-state index in [2.05, 4.69) is 236 Å². The van der Waals surface area contributed by atoms with Crippen LogP contribution in [0.3, 0.4) is 0 Å². The summed E-state index contributed by atoms with van der Waals surface area (Å²) in [6.07, 6.45) is -0.432. The van der Waals surface area contributed by atoms with Gasteiger partial charge in [-0.05, 0) is 286 Å². The van der Waals surface area contributed by atoms with E-state index in [1.165, 1.54) is 0 Å². The Morgan fingerprint density at radius 3 is 0.534 bits per heavy atom. The second-order valence-corrected chi connectivity index (χ2v) is 99.4. The standard InChI is InChI=1S/C54H142O18Si16/c1-73(2,3)61-81(21,22)69-85(29,30)65-77(13,14)45-37-41-57-51(49-55)53(59-43-39-47-79(17,18)67-87(33,34)71-83(25,26)63-75(7,8)9)54(60-44-40-48-80(19,20)68-88(35,36)72-84(27,28)64-76(10,11)12)52(50-56)58-42-38-46-78(15,16)66-86(31,32)70-82(23,24)62-74(4,5)6/h51-56H,37-50H2,1-36H3/t51-,52+,53-,54+. The maximum absolute atomic E-state index is 11.5. The van der Waals surface area contributed by atoms with Crippen molar-refractivity contribution in [3.63, 3.8) is 0 Å². The smallest absolute Gasteiger partial charge is 0.312 e. The minimum absolute atomic E-state index is 0.333. The molecular formula is C54H142O18Si16. The van der Waals surface area contributed by atoms with E-state index in [0.717, 1.165) is 24.2 Å². The van der Waals surface area contributed by atoms with Gasteiger partial charge in [0.25, 0.3) is 0 Å². The molecule has 0 amide bonds. The lowest BCUT2D eigenvalue weighted by Crippen LogP contribution is -2.56. The van der Waals surface area contributed by atoms with Crippen molar-refractivity contribution in [3.8, 4) is 0 Å². The summed E-state index contributed by atoms with van der Waals surface area (Å²) in [5.74, 6) is 0. The van der Waals surface area contributed by atoms with E-state index in [4.69, 9.17) is 68.3 Å². The molecule has 0 aliphatic carbocycles. The second kappa shape index (κ2) is 35.7. The Labute approximate surface area is 559 Å². The van der Waals surface area contributed by atoms with Gasteiger partial charge in [0.05, 0.1) is 13.2 Å². The lowest BCUT2D eigenvalue weighted by molar-refractivity contribution is -0.191. The molecule has 0 saturated carbocycles. The fourth-order valence-corrected chi connectivity index (χ4v) is 86.4.